The predicted molar refractivity (Wildman–Crippen MR) is 117 cm³/mol. The highest BCUT2D eigenvalue weighted by atomic mass is 32.2. The van der Waals surface area contributed by atoms with E-state index < -0.39 is 10.0 Å². The number of rotatable bonds is 9. The third-order valence-corrected chi connectivity index (χ3v) is 5.68. The van der Waals surface area contributed by atoms with Gasteiger partial charge in [-0.3, -0.25) is 9.10 Å². The largest absolute Gasteiger partial charge is 0.497 e. The van der Waals surface area contributed by atoms with Gasteiger partial charge in [-0.25, -0.2) is 8.42 Å². The van der Waals surface area contributed by atoms with Gasteiger partial charge in [0.25, 0.3) is 0 Å². The van der Waals surface area contributed by atoms with Gasteiger partial charge in [0.15, 0.2) is 0 Å². The Hall–Kier alpha value is -2.54. The van der Waals surface area contributed by atoms with Crippen molar-refractivity contribution < 1.29 is 17.9 Å². The lowest BCUT2D eigenvalue weighted by Crippen LogP contribution is -2.41. The van der Waals surface area contributed by atoms with Gasteiger partial charge in [-0.15, -0.1) is 0 Å². The van der Waals surface area contributed by atoms with Crippen LogP contribution in [0.3, 0.4) is 0 Å². The van der Waals surface area contributed by atoms with Crippen molar-refractivity contribution in [2.75, 3.05) is 24.2 Å². The number of hydrogen-bond acceptors (Lipinski definition) is 4. The van der Waals surface area contributed by atoms with Crippen molar-refractivity contribution in [3.63, 3.8) is 0 Å². The summed E-state index contributed by atoms with van der Waals surface area (Å²) >= 11 is 0. The molecule has 0 aliphatic carbocycles. The van der Waals surface area contributed by atoms with Crippen molar-refractivity contribution in [2.24, 2.45) is 5.92 Å². The lowest BCUT2D eigenvalue weighted by molar-refractivity contribution is -0.120. The number of anilines is 1. The summed E-state index contributed by atoms with van der Waals surface area (Å²) in [5, 5.41) is 3.00. The molecule has 158 valence electrons. The number of hydrogen-bond donors (Lipinski definition) is 1. The third kappa shape index (κ3) is 6.78. The SMILES string of the molecule is COc1ccc(C(CC(C)C)NC(=O)CN(c2cccc(C)c2)S(C)(=O)=O)cc1. The second kappa shape index (κ2) is 9.78. The van der Waals surface area contributed by atoms with Gasteiger partial charge in [-0.1, -0.05) is 38.1 Å². The normalized spacial score (nSPS) is 12.5. The molecule has 2 aromatic rings. The number of methoxy groups -OCH3 is 1. The number of aryl methyl sites for hydroxylation is 1. The van der Waals surface area contributed by atoms with Crippen LogP contribution in [0.25, 0.3) is 0 Å². The molecule has 0 aliphatic heterocycles. The molecule has 1 amide bonds. The molecule has 1 N–H and O–H groups in total. The first kappa shape index (κ1) is 22.7. The summed E-state index contributed by atoms with van der Waals surface area (Å²) in [4.78, 5) is 12.8. The standard InChI is InChI=1S/C22H30N2O4S/c1-16(2)13-21(18-9-11-20(28-4)12-10-18)23-22(25)15-24(29(5,26)27)19-8-6-7-17(3)14-19/h6-12,14,16,21H,13,15H2,1-5H3,(H,23,25). The van der Waals surface area contributed by atoms with Crippen LogP contribution in [0, 0.1) is 12.8 Å². The Balaban J connectivity index is 2.22. The average molecular weight is 419 g/mol. The molecule has 0 bridgehead atoms. The molecule has 2 aromatic carbocycles. The summed E-state index contributed by atoms with van der Waals surface area (Å²) in [6, 6.07) is 14.4. The van der Waals surface area contributed by atoms with E-state index >= 15 is 0 Å². The van der Waals surface area contributed by atoms with Gasteiger partial charge >= 0.3 is 0 Å². The summed E-state index contributed by atoms with van der Waals surface area (Å²) in [7, 11) is -2.00. The summed E-state index contributed by atoms with van der Waals surface area (Å²) < 4.78 is 31.0. The molecule has 0 heterocycles. The molecule has 0 radical (unpaired) electrons. The van der Waals surface area contributed by atoms with Crippen LogP contribution in [0.2, 0.25) is 0 Å². The minimum Gasteiger partial charge on any atom is -0.497 e. The maximum absolute atomic E-state index is 12.8. The zero-order valence-corrected chi connectivity index (χ0v) is 18.5. The Labute approximate surface area is 173 Å². The number of carbonyl (C=O) groups excluding carboxylic acids is 1. The van der Waals surface area contributed by atoms with Crippen LogP contribution in [0.1, 0.15) is 37.4 Å². The molecule has 0 saturated carbocycles. The van der Waals surface area contributed by atoms with Gasteiger partial charge in [0, 0.05) is 0 Å². The Morgan fingerprint density at radius 1 is 1.14 bits per heavy atom. The van der Waals surface area contributed by atoms with Crippen LogP contribution < -0.4 is 14.4 Å². The van der Waals surface area contributed by atoms with E-state index in [2.05, 4.69) is 19.2 Å². The maximum atomic E-state index is 12.8. The summed E-state index contributed by atoms with van der Waals surface area (Å²) in [5.74, 6) is 0.745. The van der Waals surface area contributed by atoms with Gasteiger partial charge in [0.1, 0.15) is 12.3 Å². The first-order valence-corrected chi connectivity index (χ1v) is 11.4. The summed E-state index contributed by atoms with van der Waals surface area (Å²) in [5.41, 5.74) is 2.36. The van der Waals surface area contributed by atoms with Crippen molar-refractivity contribution in [3.05, 3.63) is 59.7 Å². The fraction of sp³-hybridized carbons (Fsp3) is 0.409. The quantitative estimate of drug-likeness (QED) is 0.674. The fourth-order valence-corrected chi connectivity index (χ4v) is 3.99. The molecule has 0 fully saturated rings. The highest BCUT2D eigenvalue weighted by molar-refractivity contribution is 7.92. The van der Waals surface area contributed by atoms with E-state index in [1.807, 2.05) is 37.3 Å². The molecule has 1 atom stereocenters. The van der Waals surface area contributed by atoms with Gasteiger partial charge in [0.05, 0.1) is 25.1 Å². The van der Waals surface area contributed by atoms with E-state index in [4.69, 9.17) is 4.74 Å². The molecule has 7 heteroatoms. The van der Waals surface area contributed by atoms with E-state index in [-0.39, 0.29) is 18.5 Å². The van der Waals surface area contributed by atoms with Gasteiger partial charge in [-0.05, 0) is 54.7 Å². The van der Waals surface area contributed by atoms with E-state index in [0.717, 1.165) is 33.9 Å². The van der Waals surface area contributed by atoms with Gasteiger partial charge in [0.2, 0.25) is 15.9 Å². The monoisotopic (exact) mass is 418 g/mol. The second-order valence-corrected chi connectivity index (χ2v) is 9.54. The summed E-state index contributed by atoms with van der Waals surface area (Å²) in [6.45, 7) is 5.77. The maximum Gasteiger partial charge on any atom is 0.241 e. The van der Waals surface area contributed by atoms with E-state index in [9.17, 15) is 13.2 Å². The smallest absolute Gasteiger partial charge is 0.241 e. The highest BCUT2D eigenvalue weighted by Crippen LogP contribution is 2.24. The molecule has 1 unspecified atom stereocenters. The van der Waals surface area contributed by atoms with Gasteiger partial charge < -0.3 is 10.1 Å². The van der Waals surface area contributed by atoms with E-state index in [1.165, 1.54) is 0 Å². The Morgan fingerprint density at radius 3 is 2.31 bits per heavy atom. The van der Waals surface area contributed by atoms with Crippen LogP contribution in [0.4, 0.5) is 5.69 Å². The zero-order chi connectivity index (χ0) is 21.6. The van der Waals surface area contributed by atoms with Crippen molar-refractivity contribution in [2.45, 2.75) is 33.2 Å². The van der Waals surface area contributed by atoms with Crippen LogP contribution in [0.5, 0.6) is 5.75 Å². The molecule has 0 aliphatic rings. The molecule has 29 heavy (non-hydrogen) atoms. The number of amides is 1. The van der Waals surface area contributed by atoms with Gasteiger partial charge in [-0.2, -0.15) is 0 Å². The summed E-state index contributed by atoms with van der Waals surface area (Å²) in [6.07, 6.45) is 1.85. The Morgan fingerprint density at radius 2 is 1.79 bits per heavy atom. The number of sulfonamides is 1. The first-order valence-electron chi connectivity index (χ1n) is 9.58. The zero-order valence-electron chi connectivity index (χ0n) is 17.7. The van der Waals surface area contributed by atoms with E-state index in [1.54, 1.807) is 25.3 Å². The van der Waals surface area contributed by atoms with Crippen LogP contribution in [-0.4, -0.2) is 34.2 Å². The number of nitrogens with zero attached hydrogens (tertiary/aromatic N) is 1. The van der Waals surface area contributed by atoms with E-state index in [0.29, 0.717) is 11.6 Å². The molecule has 6 nitrogen and oxygen atoms in total. The molecule has 0 saturated heterocycles. The molecular weight excluding hydrogens is 388 g/mol. The van der Waals surface area contributed by atoms with Crippen molar-refractivity contribution in [1.82, 2.24) is 5.32 Å². The lowest BCUT2D eigenvalue weighted by atomic mass is 9.97. The fourth-order valence-electron chi connectivity index (χ4n) is 3.14. The number of nitrogens with one attached hydrogen (secondary N) is 1. The van der Waals surface area contributed by atoms with Crippen molar-refractivity contribution >= 4 is 21.6 Å². The van der Waals surface area contributed by atoms with Crippen LogP contribution in [-0.2, 0) is 14.8 Å². The van der Waals surface area contributed by atoms with Crippen molar-refractivity contribution in [1.29, 1.82) is 0 Å². The second-order valence-electron chi connectivity index (χ2n) is 7.63. The third-order valence-electron chi connectivity index (χ3n) is 4.54. The molecular formula is C22H30N2O4S. The topological polar surface area (TPSA) is 75.7 Å². The number of ether oxygens (including phenoxy) is 1. The highest BCUT2D eigenvalue weighted by Gasteiger charge is 2.23. The predicted octanol–water partition coefficient (Wildman–Crippen LogP) is 3.67. The molecule has 0 aromatic heterocycles. The molecule has 2 rings (SSSR count). The lowest BCUT2D eigenvalue weighted by Gasteiger charge is -2.25. The Kier molecular flexibility index (Phi) is 7.67. The van der Waals surface area contributed by atoms with Crippen LogP contribution in [0.15, 0.2) is 48.5 Å². The van der Waals surface area contributed by atoms with Crippen LogP contribution >= 0.6 is 0 Å². The minimum absolute atomic E-state index is 0.215. The number of benzene rings is 2. The molecule has 0 spiro atoms. The number of carbonyl (C=O) groups is 1. The Bertz CT molecular complexity index is 924. The van der Waals surface area contributed by atoms with Crippen molar-refractivity contribution in [3.8, 4) is 5.75 Å². The minimum atomic E-state index is -3.61. The average Bonchev–Trinajstić information content (AvgIpc) is 2.64. The first-order chi connectivity index (χ1) is 13.6.